The molecular formula is C18H24N4O2S. The summed E-state index contributed by atoms with van der Waals surface area (Å²) in [4.78, 5) is 24.2. The molecule has 1 aromatic rings. The highest BCUT2D eigenvalue weighted by Crippen LogP contribution is 2.24. The average Bonchev–Trinajstić information content (AvgIpc) is 2.86. The summed E-state index contributed by atoms with van der Waals surface area (Å²) in [7, 11) is 0. The number of carbonyl (C=O) groups is 2. The Morgan fingerprint density at radius 1 is 1.32 bits per heavy atom. The molecular weight excluding hydrogens is 336 g/mol. The number of thioether (sulfide) groups is 1. The van der Waals surface area contributed by atoms with E-state index in [1.54, 1.807) is 0 Å². The minimum absolute atomic E-state index is 0.0792. The van der Waals surface area contributed by atoms with E-state index in [0.29, 0.717) is 5.17 Å². The van der Waals surface area contributed by atoms with E-state index in [4.69, 9.17) is 0 Å². The van der Waals surface area contributed by atoms with E-state index >= 15 is 0 Å². The number of amides is 2. The van der Waals surface area contributed by atoms with Crippen LogP contribution in [0.5, 0.6) is 0 Å². The zero-order valence-corrected chi connectivity index (χ0v) is 16.0. The number of hydrogen-bond acceptors (Lipinski definition) is 5. The Morgan fingerprint density at radius 2 is 2.00 bits per heavy atom. The van der Waals surface area contributed by atoms with Gasteiger partial charge in [-0.05, 0) is 25.5 Å². The molecule has 2 amide bonds. The van der Waals surface area contributed by atoms with Gasteiger partial charge in [-0.25, -0.2) is 0 Å². The van der Waals surface area contributed by atoms with Crippen LogP contribution in [-0.4, -0.2) is 27.9 Å². The summed E-state index contributed by atoms with van der Waals surface area (Å²) in [5.74, 6) is -0.412. The average molecular weight is 360 g/mol. The van der Waals surface area contributed by atoms with Gasteiger partial charge in [-0.3, -0.25) is 9.59 Å². The first-order valence-electron chi connectivity index (χ1n) is 8.12. The molecule has 1 aliphatic rings. The Balaban J connectivity index is 1.97. The van der Waals surface area contributed by atoms with E-state index in [1.807, 2.05) is 58.9 Å². The second-order valence-electron chi connectivity index (χ2n) is 7.00. The predicted molar refractivity (Wildman–Crippen MR) is 104 cm³/mol. The van der Waals surface area contributed by atoms with Crippen LogP contribution >= 0.6 is 11.8 Å². The van der Waals surface area contributed by atoms with Crippen molar-refractivity contribution in [3.05, 3.63) is 29.8 Å². The lowest BCUT2D eigenvalue weighted by molar-refractivity contribution is -0.122. The van der Waals surface area contributed by atoms with E-state index in [2.05, 4.69) is 20.8 Å². The minimum Gasteiger partial charge on any atom is -0.326 e. The second kappa shape index (κ2) is 7.82. The smallest absolute Gasteiger partial charge is 0.240 e. The van der Waals surface area contributed by atoms with Crippen molar-refractivity contribution < 1.29 is 9.59 Å². The number of nitrogens with zero attached hydrogens (tertiary/aromatic N) is 2. The molecule has 25 heavy (non-hydrogen) atoms. The third-order valence-electron chi connectivity index (χ3n) is 3.94. The maximum Gasteiger partial charge on any atom is 0.240 e. The van der Waals surface area contributed by atoms with Gasteiger partial charge in [0.2, 0.25) is 11.8 Å². The van der Waals surface area contributed by atoms with Crippen LogP contribution in [0.4, 0.5) is 5.69 Å². The molecule has 1 fully saturated rings. The molecule has 2 rings (SSSR count). The molecule has 0 saturated carbocycles. The quantitative estimate of drug-likeness (QED) is 0.638. The number of hydrogen-bond donors (Lipinski definition) is 2. The molecule has 0 aliphatic carbocycles. The highest BCUT2D eigenvalue weighted by Gasteiger charge is 2.32. The maximum absolute atomic E-state index is 12.2. The largest absolute Gasteiger partial charge is 0.326 e. The van der Waals surface area contributed by atoms with Crippen LogP contribution in [0.3, 0.4) is 0 Å². The van der Waals surface area contributed by atoms with Crippen LogP contribution in [0, 0.1) is 12.3 Å². The molecule has 0 bridgehead atoms. The fourth-order valence-electron chi connectivity index (χ4n) is 1.94. The summed E-state index contributed by atoms with van der Waals surface area (Å²) in [6.07, 6.45) is 0.0891. The van der Waals surface area contributed by atoms with Crippen molar-refractivity contribution in [1.29, 1.82) is 0 Å². The SMILES string of the molecule is CC(=N/N=C1/NC(=O)C(CC(=O)Nc2ccccc2C)S1)C(C)(C)C. The van der Waals surface area contributed by atoms with Crippen LogP contribution in [0.15, 0.2) is 34.5 Å². The number of rotatable bonds is 4. The summed E-state index contributed by atoms with van der Waals surface area (Å²) in [6, 6.07) is 7.53. The van der Waals surface area contributed by atoms with Crippen LogP contribution < -0.4 is 10.6 Å². The molecule has 6 nitrogen and oxygen atoms in total. The monoisotopic (exact) mass is 360 g/mol. The molecule has 1 saturated heterocycles. The molecule has 1 atom stereocenters. The Hall–Kier alpha value is -2.15. The number of nitrogens with one attached hydrogen (secondary N) is 2. The Bertz CT molecular complexity index is 735. The molecule has 1 heterocycles. The Morgan fingerprint density at radius 3 is 2.64 bits per heavy atom. The van der Waals surface area contributed by atoms with Gasteiger partial charge in [0.05, 0.1) is 0 Å². The van der Waals surface area contributed by atoms with Crippen molar-refractivity contribution in [2.75, 3.05) is 5.32 Å². The molecule has 1 aliphatic heterocycles. The fraction of sp³-hybridized carbons (Fsp3) is 0.444. The first-order chi connectivity index (χ1) is 11.7. The summed E-state index contributed by atoms with van der Waals surface area (Å²) in [5, 5.41) is 13.7. The third-order valence-corrected chi connectivity index (χ3v) is 5.01. The van der Waals surface area contributed by atoms with E-state index in [9.17, 15) is 9.59 Å². The minimum atomic E-state index is -0.493. The molecule has 0 radical (unpaired) electrons. The van der Waals surface area contributed by atoms with Gasteiger partial charge in [0.1, 0.15) is 5.25 Å². The summed E-state index contributed by atoms with van der Waals surface area (Å²) in [5.41, 5.74) is 2.53. The maximum atomic E-state index is 12.2. The zero-order chi connectivity index (χ0) is 18.6. The Kier molecular flexibility index (Phi) is 6.00. The van der Waals surface area contributed by atoms with E-state index in [1.165, 1.54) is 11.8 Å². The molecule has 7 heteroatoms. The van der Waals surface area contributed by atoms with Gasteiger partial charge in [0, 0.05) is 23.2 Å². The van der Waals surface area contributed by atoms with Gasteiger partial charge in [-0.1, -0.05) is 50.7 Å². The lowest BCUT2D eigenvalue weighted by Crippen LogP contribution is -2.28. The van der Waals surface area contributed by atoms with Gasteiger partial charge >= 0.3 is 0 Å². The first-order valence-corrected chi connectivity index (χ1v) is 9.00. The predicted octanol–water partition coefficient (Wildman–Crippen LogP) is 3.33. The van der Waals surface area contributed by atoms with Gasteiger partial charge in [-0.2, -0.15) is 5.10 Å². The lowest BCUT2D eigenvalue weighted by atomic mass is 9.91. The van der Waals surface area contributed by atoms with Crippen molar-refractivity contribution in [2.45, 2.75) is 46.3 Å². The summed E-state index contributed by atoms with van der Waals surface area (Å²) >= 11 is 1.24. The second-order valence-corrected chi connectivity index (χ2v) is 8.19. The number of para-hydroxylation sites is 1. The number of benzene rings is 1. The van der Waals surface area contributed by atoms with Crippen molar-refractivity contribution in [1.82, 2.24) is 5.32 Å². The standard InChI is InChI=1S/C18H24N4O2S/c1-11-8-6-7-9-13(11)19-15(23)10-14-16(24)20-17(25-14)22-21-12(2)18(3,4)5/h6-9,14H,10H2,1-5H3,(H,19,23)(H,20,22,24). The lowest BCUT2D eigenvalue weighted by Gasteiger charge is -2.16. The van der Waals surface area contributed by atoms with Gasteiger partial charge in [0.15, 0.2) is 5.17 Å². The van der Waals surface area contributed by atoms with Gasteiger partial charge < -0.3 is 10.6 Å². The first kappa shape index (κ1) is 19.2. The topological polar surface area (TPSA) is 82.9 Å². The van der Waals surface area contributed by atoms with Crippen molar-refractivity contribution in [3.63, 3.8) is 0 Å². The normalized spacial score (nSPS) is 19.9. The van der Waals surface area contributed by atoms with Crippen molar-refractivity contribution in [2.24, 2.45) is 15.6 Å². The molecule has 0 aromatic heterocycles. The van der Waals surface area contributed by atoms with Gasteiger partial charge in [0.25, 0.3) is 0 Å². The molecule has 2 N–H and O–H groups in total. The third kappa shape index (κ3) is 5.42. The molecule has 1 aromatic carbocycles. The Labute approximate surface area is 152 Å². The van der Waals surface area contributed by atoms with E-state index in [-0.39, 0.29) is 23.7 Å². The highest BCUT2D eigenvalue weighted by atomic mass is 32.2. The van der Waals surface area contributed by atoms with Crippen molar-refractivity contribution in [3.8, 4) is 0 Å². The van der Waals surface area contributed by atoms with Crippen LogP contribution in [0.1, 0.15) is 39.7 Å². The van der Waals surface area contributed by atoms with Crippen molar-refractivity contribution >= 4 is 40.1 Å². The molecule has 1 unspecified atom stereocenters. The number of aryl methyl sites for hydroxylation is 1. The van der Waals surface area contributed by atoms with Crippen LogP contribution in [0.25, 0.3) is 0 Å². The fourth-order valence-corrected chi connectivity index (χ4v) is 2.86. The van der Waals surface area contributed by atoms with E-state index in [0.717, 1.165) is 17.0 Å². The molecule has 0 spiro atoms. The summed E-state index contributed by atoms with van der Waals surface area (Å²) in [6.45, 7) is 9.97. The number of amidine groups is 1. The van der Waals surface area contributed by atoms with Crippen LogP contribution in [-0.2, 0) is 9.59 Å². The van der Waals surface area contributed by atoms with E-state index < -0.39 is 5.25 Å². The highest BCUT2D eigenvalue weighted by molar-refractivity contribution is 8.15. The number of anilines is 1. The number of carbonyl (C=O) groups excluding carboxylic acids is 2. The zero-order valence-electron chi connectivity index (χ0n) is 15.2. The van der Waals surface area contributed by atoms with Gasteiger partial charge in [-0.15, -0.1) is 5.10 Å². The summed E-state index contributed by atoms with van der Waals surface area (Å²) < 4.78 is 0. The van der Waals surface area contributed by atoms with Crippen LogP contribution in [0.2, 0.25) is 0 Å². The molecule has 134 valence electrons.